The molecule has 0 atom stereocenters. The van der Waals surface area contributed by atoms with E-state index >= 15 is 0 Å². The molecular formula is C15H12BrNO5. The first-order valence-corrected chi connectivity index (χ1v) is 6.07. The Kier molecular flexibility index (Phi) is 4.01. The molecule has 2 aromatic carbocycles. The number of aromatic hydroxyl groups is 4. The molecule has 1 aromatic heterocycles. The van der Waals surface area contributed by atoms with Crippen molar-refractivity contribution in [3.8, 4) is 34.3 Å². The van der Waals surface area contributed by atoms with Gasteiger partial charge in [0, 0.05) is 17.0 Å². The van der Waals surface area contributed by atoms with Gasteiger partial charge in [0.2, 0.25) is 5.43 Å². The molecule has 22 heavy (non-hydrogen) atoms. The number of aromatic amines is 1. The standard InChI is InChI=1S/C15H11NO5.BrH/c17-8-2-3-9-10(6-8)16-13(15(21)14(9)20)7-1-4-11(18)12(19)5-7;/h1-6,17-19,21H,(H,16,20);1H. The van der Waals surface area contributed by atoms with Crippen LogP contribution < -0.4 is 5.43 Å². The van der Waals surface area contributed by atoms with E-state index in [0.717, 1.165) is 0 Å². The van der Waals surface area contributed by atoms with Gasteiger partial charge < -0.3 is 25.4 Å². The summed E-state index contributed by atoms with van der Waals surface area (Å²) in [7, 11) is 0. The van der Waals surface area contributed by atoms with E-state index in [4.69, 9.17) is 0 Å². The van der Waals surface area contributed by atoms with Gasteiger partial charge in [0.15, 0.2) is 17.2 Å². The molecule has 0 aliphatic rings. The highest BCUT2D eigenvalue weighted by Gasteiger charge is 2.14. The maximum absolute atomic E-state index is 12.1. The van der Waals surface area contributed by atoms with Crippen LogP contribution in [0.3, 0.4) is 0 Å². The lowest BCUT2D eigenvalue weighted by Gasteiger charge is -2.08. The van der Waals surface area contributed by atoms with Crippen LogP contribution in [-0.2, 0) is 0 Å². The van der Waals surface area contributed by atoms with Gasteiger partial charge in [0.05, 0.1) is 11.2 Å². The van der Waals surface area contributed by atoms with E-state index in [2.05, 4.69) is 4.98 Å². The monoisotopic (exact) mass is 365 g/mol. The van der Waals surface area contributed by atoms with Gasteiger partial charge in [-0.15, -0.1) is 17.0 Å². The number of nitrogens with one attached hydrogen (secondary N) is 1. The van der Waals surface area contributed by atoms with Crippen LogP contribution in [0.1, 0.15) is 0 Å². The summed E-state index contributed by atoms with van der Waals surface area (Å²) in [6.07, 6.45) is 0. The van der Waals surface area contributed by atoms with Crippen molar-refractivity contribution in [2.45, 2.75) is 0 Å². The number of fused-ring (bicyclic) bond motifs is 1. The quantitative estimate of drug-likeness (QED) is 0.425. The summed E-state index contributed by atoms with van der Waals surface area (Å²) in [6, 6.07) is 8.02. The number of H-pyrrole nitrogens is 1. The first kappa shape index (κ1) is 15.7. The lowest BCUT2D eigenvalue weighted by Crippen LogP contribution is -2.04. The van der Waals surface area contributed by atoms with Crippen LogP contribution in [-0.4, -0.2) is 25.4 Å². The van der Waals surface area contributed by atoms with E-state index in [1.54, 1.807) is 0 Å². The second kappa shape index (κ2) is 5.61. The summed E-state index contributed by atoms with van der Waals surface area (Å²) in [5, 5.41) is 38.6. The van der Waals surface area contributed by atoms with Crippen LogP contribution in [0.4, 0.5) is 0 Å². The van der Waals surface area contributed by atoms with E-state index < -0.39 is 11.2 Å². The van der Waals surface area contributed by atoms with E-state index in [1.165, 1.54) is 36.4 Å². The van der Waals surface area contributed by atoms with Crippen molar-refractivity contribution >= 4 is 27.9 Å². The number of phenols is 3. The van der Waals surface area contributed by atoms with E-state index in [0.29, 0.717) is 11.1 Å². The molecule has 3 rings (SSSR count). The average molecular weight is 366 g/mol. The van der Waals surface area contributed by atoms with Gasteiger partial charge in [0.25, 0.3) is 0 Å². The molecule has 0 bridgehead atoms. The van der Waals surface area contributed by atoms with Crippen LogP contribution in [0.5, 0.6) is 23.0 Å². The molecule has 0 radical (unpaired) electrons. The van der Waals surface area contributed by atoms with Gasteiger partial charge in [-0.25, -0.2) is 0 Å². The van der Waals surface area contributed by atoms with E-state index in [1.807, 2.05) is 0 Å². The van der Waals surface area contributed by atoms with Gasteiger partial charge in [-0.05, 0) is 30.3 Å². The molecule has 6 nitrogen and oxygen atoms in total. The zero-order valence-electron chi connectivity index (χ0n) is 11.1. The molecule has 114 valence electrons. The van der Waals surface area contributed by atoms with Crippen molar-refractivity contribution in [2.75, 3.05) is 0 Å². The molecule has 0 unspecified atom stereocenters. The summed E-state index contributed by atoms with van der Waals surface area (Å²) in [5.41, 5.74) is 0.172. The molecule has 0 saturated carbocycles. The normalized spacial score (nSPS) is 10.4. The predicted octanol–water partition coefficient (Wildman–Crippen LogP) is 2.60. The SMILES string of the molecule is Br.O=c1c(O)c(-c2ccc(O)c(O)c2)[nH]c2cc(O)ccc12. The molecule has 1 heterocycles. The van der Waals surface area contributed by atoms with Crippen LogP contribution in [0, 0.1) is 0 Å². The average Bonchev–Trinajstić information content (AvgIpc) is 2.45. The molecule has 0 aliphatic heterocycles. The van der Waals surface area contributed by atoms with Gasteiger partial charge in [-0.1, -0.05) is 0 Å². The molecule has 0 fully saturated rings. The fraction of sp³-hybridized carbons (Fsp3) is 0. The minimum Gasteiger partial charge on any atom is -0.508 e. The number of pyridine rings is 1. The zero-order valence-corrected chi connectivity index (χ0v) is 12.8. The topological polar surface area (TPSA) is 114 Å². The highest BCUT2D eigenvalue weighted by atomic mass is 79.9. The van der Waals surface area contributed by atoms with Crippen LogP contribution in [0.25, 0.3) is 22.2 Å². The number of hydrogen-bond donors (Lipinski definition) is 5. The second-order valence-electron chi connectivity index (χ2n) is 4.61. The summed E-state index contributed by atoms with van der Waals surface area (Å²) in [6.45, 7) is 0. The van der Waals surface area contributed by atoms with E-state index in [9.17, 15) is 25.2 Å². The first-order valence-electron chi connectivity index (χ1n) is 6.07. The van der Waals surface area contributed by atoms with Crippen molar-refractivity contribution in [1.82, 2.24) is 4.98 Å². The zero-order chi connectivity index (χ0) is 15.1. The fourth-order valence-corrected chi connectivity index (χ4v) is 2.16. The minimum atomic E-state index is -0.591. The van der Waals surface area contributed by atoms with Gasteiger partial charge in [-0.3, -0.25) is 4.79 Å². The summed E-state index contributed by atoms with van der Waals surface area (Å²) >= 11 is 0. The minimum absolute atomic E-state index is 0. The summed E-state index contributed by atoms with van der Waals surface area (Å²) < 4.78 is 0. The van der Waals surface area contributed by atoms with Crippen LogP contribution >= 0.6 is 17.0 Å². The highest BCUT2D eigenvalue weighted by molar-refractivity contribution is 8.93. The summed E-state index contributed by atoms with van der Waals surface area (Å²) in [4.78, 5) is 15.0. The molecule has 0 amide bonds. The Morgan fingerprint density at radius 3 is 2.27 bits per heavy atom. The Labute approximate surface area is 134 Å². The Hall–Kier alpha value is -2.67. The van der Waals surface area contributed by atoms with Crippen LogP contribution in [0.2, 0.25) is 0 Å². The summed E-state index contributed by atoms with van der Waals surface area (Å²) in [5.74, 6) is -1.20. The highest BCUT2D eigenvalue weighted by Crippen LogP contribution is 2.33. The van der Waals surface area contributed by atoms with Crippen LogP contribution in [0.15, 0.2) is 41.2 Å². The Morgan fingerprint density at radius 2 is 1.59 bits per heavy atom. The first-order chi connectivity index (χ1) is 9.97. The number of hydrogen-bond acceptors (Lipinski definition) is 5. The van der Waals surface area contributed by atoms with Crippen molar-refractivity contribution in [3.05, 3.63) is 46.6 Å². The number of rotatable bonds is 1. The Morgan fingerprint density at radius 1 is 0.864 bits per heavy atom. The van der Waals surface area contributed by atoms with Gasteiger partial charge in [-0.2, -0.15) is 0 Å². The van der Waals surface area contributed by atoms with Crippen molar-refractivity contribution in [3.63, 3.8) is 0 Å². The third-order valence-corrected chi connectivity index (χ3v) is 3.22. The molecule has 0 saturated heterocycles. The van der Waals surface area contributed by atoms with Crippen molar-refractivity contribution in [2.24, 2.45) is 0 Å². The third-order valence-electron chi connectivity index (χ3n) is 3.22. The van der Waals surface area contributed by atoms with Crippen molar-refractivity contribution in [1.29, 1.82) is 0 Å². The smallest absolute Gasteiger partial charge is 0.231 e. The fourth-order valence-electron chi connectivity index (χ4n) is 2.16. The van der Waals surface area contributed by atoms with E-state index in [-0.39, 0.29) is 45.3 Å². The molecule has 5 N–H and O–H groups in total. The number of benzene rings is 2. The molecule has 3 aromatic rings. The molecular weight excluding hydrogens is 354 g/mol. The molecule has 0 aliphatic carbocycles. The Bertz CT molecular complexity index is 920. The maximum Gasteiger partial charge on any atom is 0.231 e. The van der Waals surface area contributed by atoms with Crippen molar-refractivity contribution < 1.29 is 20.4 Å². The van der Waals surface area contributed by atoms with Gasteiger partial charge >= 0.3 is 0 Å². The number of phenolic OH excluding ortho intramolecular Hbond substituents is 3. The lowest BCUT2D eigenvalue weighted by molar-refractivity contribution is 0.404. The maximum atomic E-state index is 12.1. The van der Waals surface area contributed by atoms with Gasteiger partial charge in [0.1, 0.15) is 5.75 Å². The number of halogens is 1. The third kappa shape index (κ3) is 2.46. The largest absolute Gasteiger partial charge is 0.508 e. The second-order valence-corrected chi connectivity index (χ2v) is 4.61. The molecule has 7 heteroatoms. The predicted molar refractivity (Wildman–Crippen MR) is 87.0 cm³/mol. The lowest BCUT2D eigenvalue weighted by atomic mass is 10.1. The Balaban J connectivity index is 0.00000176. The molecule has 0 spiro atoms. The number of aromatic nitrogens is 1.